The first-order chi connectivity index (χ1) is 16.0. The van der Waals surface area contributed by atoms with Crippen molar-refractivity contribution in [3.8, 4) is 5.75 Å². The Labute approximate surface area is 201 Å². The van der Waals surface area contributed by atoms with Crippen LogP contribution in [0.1, 0.15) is 50.5 Å². The van der Waals surface area contributed by atoms with Gasteiger partial charge in [-0.05, 0) is 49.8 Å². The zero-order valence-corrected chi connectivity index (χ0v) is 20.2. The summed E-state index contributed by atoms with van der Waals surface area (Å²) in [6, 6.07) is 6.06. The Morgan fingerprint density at radius 3 is 2.67 bits per heavy atom. The van der Waals surface area contributed by atoms with Crippen molar-refractivity contribution < 1.29 is 19.1 Å². The van der Waals surface area contributed by atoms with Gasteiger partial charge in [0.25, 0.3) is 0 Å². The van der Waals surface area contributed by atoms with Gasteiger partial charge in [-0.15, -0.1) is 0 Å². The number of carbonyl (C=O) groups excluding carboxylic acids is 2. The van der Waals surface area contributed by atoms with E-state index >= 15 is 0 Å². The SMILES string of the molecule is COCCCOc1cc(CN(C(=O)[C@@H]2CNC[C@@H](NC(=O)C3CCC3)C2)C2CC2)ccc1Cl. The number of piperidine rings is 1. The molecule has 2 atom stereocenters. The van der Waals surface area contributed by atoms with Crippen molar-refractivity contribution >= 4 is 23.4 Å². The van der Waals surface area contributed by atoms with Gasteiger partial charge in [0.15, 0.2) is 0 Å². The van der Waals surface area contributed by atoms with Crippen LogP contribution in [0.5, 0.6) is 5.75 Å². The molecule has 2 aliphatic carbocycles. The van der Waals surface area contributed by atoms with Gasteiger partial charge in [0.1, 0.15) is 5.75 Å². The molecule has 0 radical (unpaired) electrons. The molecule has 182 valence electrons. The van der Waals surface area contributed by atoms with Gasteiger partial charge in [0.2, 0.25) is 11.8 Å². The standard InChI is InChI=1S/C25H36ClN3O4/c1-32-10-3-11-33-23-12-17(6-9-22(23)26)16-29(21-7-8-21)25(31)19-13-20(15-27-14-19)28-24(30)18-4-2-5-18/h6,9,12,18-21,27H,2-5,7-8,10-11,13-16H2,1H3,(H,28,30)/t19-,20-/m0/s1. The van der Waals surface area contributed by atoms with Crippen LogP contribution in [0.3, 0.4) is 0 Å². The third-order valence-corrected chi connectivity index (χ3v) is 7.20. The van der Waals surface area contributed by atoms with E-state index in [4.69, 9.17) is 21.1 Å². The summed E-state index contributed by atoms with van der Waals surface area (Å²) in [5, 5.41) is 7.10. The van der Waals surface area contributed by atoms with Gasteiger partial charge in [-0.25, -0.2) is 0 Å². The minimum absolute atomic E-state index is 0.0180. The highest BCUT2D eigenvalue weighted by molar-refractivity contribution is 6.32. The predicted octanol–water partition coefficient (Wildman–Crippen LogP) is 3.14. The largest absolute Gasteiger partial charge is 0.492 e. The van der Waals surface area contributed by atoms with Crippen LogP contribution in [0.4, 0.5) is 0 Å². The molecule has 0 spiro atoms. The first-order valence-corrected chi connectivity index (χ1v) is 12.6. The molecule has 2 amide bonds. The topological polar surface area (TPSA) is 79.9 Å². The predicted molar refractivity (Wildman–Crippen MR) is 127 cm³/mol. The Morgan fingerprint density at radius 2 is 1.97 bits per heavy atom. The summed E-state index contributed by atoms with van der Waals surface area (Å²) in [5.41, 5.74) is 1.01. The van der Waals surface area contributed by atoms with Crippen molar-refractivity contribution in [1.29, 1.82) is 0 Å². The van der Waals surface area contributed by atoms with Crippen LogP contribution in [-0.4, -0.2) is 62.2 Å². The number of methoxy groups -OCH3 is 1. The smallest absolute Gasteiger partial charge is 0.227 e. The molecule has 3 aliphatic rings. The van der Waals surface area contributed by atoms with Crippen LogP contribution in [0.25, 0.3) is 0 Å². The second-order valence-electron chi connectivity index (χ2n) is 9.58. The van der Waals surface area contributed by atoms with E-state index in [0.717, 1.165) is 50.6 Å². The summed E-state index contributed by atoms with van der Waals surface area (Å²) in [7, 11) is 1.67. The molecule has 1 saturated heterocycles. The molecule has 1 aromatic carbocycles. The fourth-order valence-corrected chi connectivity index (χ4v) is 4.75. The van der Waals surface area contributed by atoms with E-state index in [9.17, 15) is 9.59 Å². The summed E-state index contributed by atoms with van der Waals surface area (Å²) in [5.74, 6) is 1.01. The molecule has 4 rings (SSSR count). The highest BCUT2D eigenvalue weighted by Crippen LogP contribution is 2.33. The summed E-state index contributed by atoms with van der Waals surface area (Å²) in [6.45, 7) is 3.10. The molecule has 1 heterocycles. The number of halogens is 1. The van der Waals surface area contributed by atoms with E-state index in [1.807, 2.05) is 23.1 Å². The van der Waals surface area contributed by atoms with Crippen molar-refractivity contribution in [2.45, 2.75) is 63.6 Å². The monoisotopic (exact) mass is 477 g/mol. The van der Waals surface area contributed by atoms with Crippen molar-refractivity contribution in [3.63, 3.8) is 0 Å². The lowest BCUT2D eigenvalue weighted by atomic mass is 9.84. The lowest BCUT2D eigenvalue weighted by Crippen LogP contribution is -2.54. The maximum atomic E-state index is 13.5. The Hall–Kier alpha value is -1.83. The Morgan fingerprint density at radius 1 is 1.15 bits per heavy atom. The van der Waals surface area contributed by atoms with Gasteiger partial charge in [0, 0.05) is 57.8 Å². The average Bonchev–Trinajstić information content (AvgIpc) is 3.60. The van der Waals surface area contributed by atoms with Crippen LogP contribution >= 0.6 is 11.6 Å². The van der Waals surface area contributed by atoms with Crippen LogP contribution in [-0.2, 0) is 20.9 Å². The van der Waals surface area contributed by atoms with Gasteiger partial charge in [0.05, 0.1) is 17.5 Å². The molecule has 33 heavy (non-hydrogen) atoms. The minimum Gasteiger partial charge on any atom is -0.492 e. The number of hydrogen-bond acceptors (Lipinski definition) is 5. The van der Waals surface area contributed by atoms with Crippen molar-refractivity contribution in [2.75, 3.05) is 33.4 Å². The number of nitrogens with one attached hydrogen (secondary N) is 2. The molecule has 1 aliphatic heterocycles. The van der Waals surface area contributed by atoms with E-state index in [1.54, 1.807) is 7.11 Å². The molecular weight excluding hydrogens is 442 g/mol. The number of benzene rings is 1. The van der Waals surface area contributed by atoms with E-state index in [0.29, 0.717) is 49.5 Å². The molecular formula is C25H36ClN3O4. The molecule has 2 N–H and O–H groups in total. The third-order valence-electron chi connectivity index (χ3n) is 6.89. The quantitative estimate of drug-likeness (QED) is 0.479. The number of ether oxygens (including phenoxy) is 2. The summed E-state index contributed by atoms with van der Waals surface area (Å²) < 4.78 is 10.9. The van der Waals surface area contributed by atoms with Crippen LogP contribution in [0.15, 0.2) is 18.2 Å². The molecule has 7 nitrogen and oxygen atoms in total. The van der Waals surface area contributed by atoms with Crippen molar-refractivity contribution in [1.82, 2.24) is 15.5 Å². The number of amides is 2. The van der Waals surface area contributed by atoms with Gasteiger partial charge >= 0.3 is 0 Å². The van der Waals surface area contributed by atoms with Gasteiger partial charge in [-0.1, -0.05) is 24.1 Å². The number of rotatable bonds is 11. The van der Waals surface area contributed by atoms with E-state index < -0.39 is 0 Å². The molecule has 3 fully saturated rings. The number of carbonyl (C=O) groups is 2. The van der Waals surface area contributed by atoms with E-state index in [2.05, 4.69) is 10.6 Å². The van der Waals surface area contributed by atoms with Gasteiger partial charge in [-0.2, -0.15) is 0 Å². The fourth-order valence-electron chi connectivity index (χ4n) is 4.58. The van der Waals surface area contributed by atoms with Crippen molar-refractivity contribution in [3.05, 3.63) is 28.8 Å². The lowest BCUT2D eigenvalue weighted by molar-refractivity contribution is -0.138. The first kappa shape index (κ1) is 24.3. The zero-order chi connectivity index (χ0) is 23.2. The maximum absolute atomic E-state index is 13.5. The normalized spacial score (nSPS) is 23.0. The Kier molecular flexibility index (Phi) is 8.50. The van der Waals surface area contributed by atoms with Crippen LogP contribution in [0, 0.1) is 11.8 Å². The highest BCUT2D eigenvalue weighted by atomic mass is 35.5. The molecule has 1 aromatic rings. The van der Waals surface area contributed by atoms with E-state index in [-0.39, 0.29) is 29.7 Å². The summed E-state index contributed by atoms with van der Waals surface area (Å²) in [6.07, 6.45) is 6.69. The summed E-state index contributed by atoms with van der Waals surface area (Å²) in [4.78, 5) is 27.9. The Balaban J connectivity index is 1.36. The second kappa shape index (κ2) is 11.5. The zero-order valence-electron chi connectivity index (χ0n) is 19.5. The maximum Gasteiger partial charge on any atom is 0.227 e. The molecule has 0 unspecified atom stereocenters. The summed E-state index contributed by atoms with van der Waals surface area (Å²) >= 11 is 6.32. The van der Waals surface area contributed by atoms with Crippen LogP contribution < -0.4 is 15.4 Å². The highest BCUT2D eigenvalue weighted by Gasteiger charge is 2.38. The van der Waals surface area contributed by atoms with Gasteiger partial charge in [-0.3, -0.25) is 9.59 Å². The first-order valence-electron chi connectivity index (χ1n) is 12.3. The molecule has 8 heteroatoms. The number of hydrogen-bond donors (Lipinski definition) is 2. The van der Waals surface area contributed by atoms with E-state index in [1.165, 1.54) is 0 Å². The van der Waals surface area contributed by atoms with Crippen LogP contribution in [0.2, 0.25) is 5.02 Å². The second-order valence-corrected chi connectivity index (χ2v) is 9.99. The lowest BCUT2D eigenvalue weighted by Gasteiger charge is -2.35. The average molecular weight is 478 g/mol. The Bertz CT molecular complexity index is 828. The van der Waals surface area contributed by atoms with Gasteiger partial charge < -0.3 is 25.0 Å². The minimum atomic E-state index is -0.122. The molecule has 0 bridgehead atoms. The fraction of sp³-hybridized carbons (Fsp3) is 0.680. The molecule has 2 saturated carbocycles. The third kappa shape index (κ3) is 6.61. The van der Waals surface area contributed by atoms with Crippen molar-refractivity contribution in [2.24, 2.45) is 11.8 Å². The number of nitrogens with zero attached hydrogens (tertiary/aromatic N) is 1. The molecule has 0 aromatic heterocycles.